The van der Waals surface area contributed by atoms with Crippen LogP contribution in [0.5, 0.6) is 11.5 Å². The van der Waals surface area contributed by atoms with Crippen molar-refractivity contribution in [1.82, 2.24) is 9.97 Å². The van der Waals surface area contributed by atoms with Gasteiger partial charge in [0.25, 0.3) is 5.91 Å². The minimum absolute atomic E-state index is 0.249. The Morgan fingerprint density at radius 1 is 0.963 bits per heavy atom. The van der Waals surface area contributed by atoms with E-state index in [4.69, 9.17) is 9.47 Å². The van der Waals surface area contributed by atoms with Crippen molar-refractivity contribution in [3.05, 3.63) is 72.2 Å². The molecule has 0 spiro atoms. The summed E-state index contributed by atoms with van der Waals surface area (Å²) in [6.07, 6.45) is 1.35. The molecule has 1 heterocycles. The van der Waals surface area contributed by atoms with Crippen LogP contribution in [-0.4, -0.2) is 30.1 Å². The molecule has 7 heteroatoms. The van der Waals surface area contributed by atoms with Crippen molar-refractivity contribution in [2.75, 3.05) is 24.9 Å². The van der Waals surface area contributed by atoms with E-state index in [0.29, 0.717) is 23.8 Å². The third-order valence-electron chi connectivity index (χ3n) is 3.91. The van der Waals surface area contributed by atoms with Gasteiger partial charge >= 0.3 is 0 Å². The summed E-state index contributed by atoms with van der Waals surface area (Å²) in [5.74, 6) is 1.56. The molecule has 0 aliphatic heterocycles. The standard InChI is InChI=1S/C20H20N4O3/c1-26-17-9-5-3-7-14(17)12-21-19-11-16(22-13-23-19)20(25)24-15-8-4-6-10-18(15)27-2/h3-11,13H,12H2,1-2H3,(H,24,25)(H,21,22,23). The zero-order chi connectivity index (χ0) is 19.1. The third kappa shape index (κ3) is 4.52. The molecule has 2 aromatic carbocycles. The van der Waals surface area contributed by atoms with Crippen LogP contribution in [-0.2, 0) is 6.54 Å². The van der Waals surface area contributed by atoms with Crippen molar-refractivity contribution < 1.29 is 14.3 Å². The molecular formula is C20H20N4O3. The van der Waals surface area contributed by atoms with Gasteiger partial charge in [-0.05, 0) is 18.2 Å². The Bertz CT molecular complexity index is 930. The van der Waals surface area contributed by atoms with Gasteiger partial charge in [0.05, 0.1) is 19.9 Å². The number of benzene rings is 2. The smallest absolute Gasteiger partial charge is 0.274 e. The van der Waals surface area contributed by atoms with E-state index in [2.05, 4.69) is 20.6 Å². The fourth-order valence-corrected chi connectivity index (χ4v) is 2.55. The number of amides is 1. The summed E-state index contributed by atoms with van der Waals surface area (Å²) < 4.78 is 10.6. The second-order valence-electron chi connectivity index (χ2n) is 5.61. The molecule has 0 bridgehead atoms. The highest BCUT2D eigenvalue weighted by Crippen LogP contribution is 2.23. The van der Waals surface area contributed by atoms with Crippen LogP contribution in [0.15, 0.2) is 60.9 Å². The minimum atomic E-state index is -0.345. The zero-order valence-electron chi connectivity index (χ0n) is 15.1. The molecular weight excluding hydrogens is 344 g/mol. The number of hydrogen-bond donors (Lipinski definition) is 2. The molecule has 0 saturated carbocycles. The zero-order valence-corrected chi connectivity index (χ0v) is 15.1. The number of carbonyl (C=O) groups is 1. The summed E-state index contributed by atoms with van der Waals surface area (Å²) in [7, 11) is 3.18. The molecule has 0 atom stereocenters. The number of rotatable bonds is 7. The van der Waals surface area contributed by atoms with Gasteiger partial charge in [0.15, 0.2) is 0 Å². The number of carbonyl (C=O) groups excluding carboxylic acids is 1. The third-order valence-corrected chi connectivity index (χ3v) is 3.91. The Morgan fingerprint density at radius 2 is 1.67 bits per heavy atom. The topological polar surface area (TPSA) is 85.4 Å². The van der Waals surface area contributed by atoms with Gasteiger partial charge in [0, 0.05) is 18.2 Å². The average molecular weight is 364 g/mol. The highest BCUT2D eigenvalue weighted by atomic mass is 16.5. The maximum absolute atomic E-state index is 12.5. The van der Waals surface area contributed by atoms with Gasteiger partial charge in [0.1, 0.15) is 29.3 Å². The van der Waals surface area contributed by atoms with Crippen LogP contribution in [0.2, 0.25) is 0 Å². The van der Waals surface area contributed by atoms with E-state index in [1.807, 2.05) is 36.4 Å². The summed E-state index contributed by atoms with van der Waals surface area (Å²) in [5.41, 5.74) is 1.81. The monoisotopic (exact) mass is 364 g/mol. The van der Waals surface area contributed by atoms with Crippen LogP contribution in [0.25, 0.3) is 0 Å². The lowest BCUT2D eigenvalue weighted by atomic mass is 10.2. The molecule has 1 amide bonds. The fourth-order valence-electron chi connectivity index (χ4n) is 2.55. The maximum Gasteiger partial charge on any atom is 0.274 e. The highest BCUT2D eigenvalue weighted by Gasteiger charge is 2.12. The maximum atomic E-state index is 12.5. The number of para-hydroxylation sites is 3. The Kier molecular flexibility index (Phi) is 5.84. The summed E-state index contributed by atoms with van der Waals surface area (Å²) in [6, 6.07) is 16.5. The number of methoxy groups -OCH3 is 2. The molecule has 0 aliphatic rings. The first-order chi connectivity index (χ1) is 13.2. The van der Waals surface area contributed by atoms with E-state index < -0.39 is 0 Å². The Hall–Kier alpha value is -3.61. The van der Waals surface area contributed by atoms with Crippen LogP contribution < -0.4 is 20.1 Å². The quantitative estimate of drug-likeness (QED) is 0.669. The Labute approximate surface area is 157 Å². The van der Waals surface area contributed by atoms with Crippen LogP contribution in [0.1, 0.15) is 16.1 Å². The van der Waals surface area contributed by atoms with Crippen molar-refractivity contribution in [3.63, 3.8) is 0 Å². The van der Waals surface area contributed by atoms with E-state index in [1.165, 1.54) is 6.33 Å². The number of nitrogens with zero attached hydrogens (tertiary/aromatic N) is 2. The molecule has 0 unspecified atom stereocenters. The van der Waals surface area contributed by atoms with Crippen LogP contribution >= 0.6 is 0 Å². The lowest BCUT2D eigenvalue weighted by Gasteiger charge is -2.11. The van der Waals surface area contributed by atoms with Gasteiger partial charge in [-0.2, -0.15) is 0 Å². The van der Waals surface area contributed by atoms with Crippen molar-refractivity contribution in [1.29, 1.82) is 0 Å². The molecule has 3 rings (SSSR count). The number of nitrogens with one attached hydrogen (secondary N) is 2. The number of aromatic nitrogens is 2. The second-order valence-corrected chi connectivity index (χ2v) is 5.61. The molecule has 27 heavy (non-hydrogen) atoms. The predicted molar refractivity (Wildman–Crippen MR) is 103 cm³/mol. The highest BCUT2D eigenvalue weighted by molar-refractivity contribution is 6.04. The largest absolute Gasteiger partial charge is 0.496 e. The lowest BCUT2D eigenvalue weighted by Crippen LogP contribution is -2.15. The van der Waals surface area contributed by atoms with Gasteiger partial charge in [0.2, 0.25) is 0 Å². The van der Waals surface area contributed by atoms with Crippen molar-refractivity contribution in [3.8, 4) is 11.5 Å². The van der Waals surface area contributed by atoms with Gasteiger partial charge in [-0.1, -0.05) is 30.3 Å². The van der Waals surface area contributed by atoms with E-state index in [9.17, 15) is 4.79 Å². The van der Waals surface area contributed by atoms with Gasteiger partial charge in [-0.15, -0.1) is 0 Å². The van der Waals surface area contributed by atoms with E-state index in [-0.39, 0.29) is 11.6 Å². The predicted octanol–water partition coefficient (Wildman–Crippen LogP) is 3.36. The molecule has 1 aromatic heterocycles. The average Bonchev–Trinajstić information content (AvgIpc) is 2.73. The Morgan fingerprint density at radius 3 is 2.44 bits per heavy atom. The SMILES string of the molecule is COc1ccccc1CNc1cc(C(=O)Nc2ccccc2OC)ncn1. The van der Waals surface area contributed by atoms with E-state index >= 15 is 0 Å². The normalized spacial score (nSPS) is 10.1. The lowest BCUT2D eigenvalue weighted by molar-refractivity contribution is 0.102. The first-order valence-electron chi connectivity index (χ1n) is 8.33. The van der Waals surface area contributed by atoms with E-state index in [1.54, 1.807) is 32.4 Å². The molecule has 2 N–H and O–H groups in total. The summed E-state index contributed by atoms with van der Waals surface area (Å²) >= 11 is 0. The van der Waals surface area contributed by atoms with Gasteiger partial charge in [-0.25, -0.2) is 9.97 Å². The van der Waals surface area contributed by atoms with Crippen molar-refractivity contribution in [2.45, 2.75) is 6.54 Å². The van der Waals surface area contributed by atoms with Crippen LogP contribution in [0.4, 0.5) is 11.5 Å². The Balaban J connectivity index is 1.70. The molecule has 0 saturated heterocycles. The van der Waals surface area contributed by atoms with Crippen LogP contribution in [0.3, 0.4) is 0 Å². The molecule has 3 aromatic rings. The molecule has 0 fully saturated rings. The van der Waals surface area contributed by atoms with Crippen molar-refractivity contribution >= 4 is 17.4 Å². The van der Waals surface area contributed by atoms with Gasteiger partial charge < -0.3 is 20.1 Å². The molecule has 0 radical (unpaired) electrons. The van der Waals surface area contributed by atoms with E-state index in [0.717, 1.165) is 11.3 Å². The number of hydrogen-bond acceptors (Lipinski definition) is 6. The van der Waals surface area contributed by atoms with Crippen LogP contribution in [0, 0.1) is 0 Å². The minimum Gasteiger partial charge on any atom is -0.496 e. The molecule has 0 aliphatic carbocycles. The number of ether oxygens (including phenoxy) is 2. The van der Waals surface area contributed by atoms with Crippen molar-refractivity contribution in [2.24, 2.45) is 0 Å². The second kappa shape index (κ2) is 8.66. The van der Waals surface area contributed by atoms with Gasteiger partial charge in [-0.3, -0.25) is 4.79 Å². The molecule has 138 valence electrons. The summed E-state index contributed by atoms with van der Waals surface area (Å²) in [4.78, 5) is 20.7. The summed E-state index contributed by atoms with van der Waals surface area (Å²) in [6.45, 7) is 0.509. The molecule has 7 nitrogen and oxygen atoms in total. The first kappa shape index (κ1) is 18.2. The fraction of sp³-hybridized carbons (Fsp3) is 0.150. The first-order valence-corrected chi connectivity index (χ1v) is 8.33. The number of anilines is 2. The summed E-state index contributed by atoms with van der Waals surface area (Å²) in [5, 5.41) is 5.98.